The molecule has 4 nitrogen and oxygen atoms in total. The highest BCUT2D eigenvalue weighted by Gasteiger charge is 2.30. The third-order valence-electron chi connectivity index (χ3n) is 5.07. The van der Waals surface area contributed by atoms with Gasteiger partial charge in [-0.1, -0.05) is 36.4 Å². The number of halogens is 3. The van der Waals surface area contributed by atoms with Gasteiger partial charge in [-0.3, -0.25) is 4.79 Å². The zero-order valence-corrected chi connectivity index (χ0v) is 15.6. The molecule has 1 saturated heterocycles. The molecular formula is C22H20F3N3O. The highest BCUT2D eigenvalue weighted by Crippen LogP contribution is 2.32. The van der Waals surface area contributed by atoms with Crippen LogP contribution in [-0.4, -0.2) is 30.0 Å². The molecule has 3 aromatic rings. The topological polar surface area (TPSA) is 54.0 Å². The fourth-order valence-corrected chi connectivity index (χ4v) is 3.60. The highest BCUT2D eigenvalue weighted by molar-refractivity contribution is 5.89. The van der Waals surface area contributed by atoms with E-state index < -0.39 is 11.7 Å². The molecule has 0 spiro atoms. The zero-order chi connectivity index (χ0) is 20.4. The molecule has 2 N–H and O–H groups in total. The molecule has 7 heteroatoms. The molecule has 1 atom stereocenters. The summed E-state index contributed by atoms with van der Waals surface area (Å²) in [5.41, 5.74) is 1.49. The Morgan fingerprint density at radius 2 is 1.97 bits per heavy atom. The molecule has 1 aliphatic rings. The van der Waals surface area contributed by atoms with Gasteiger partial charge < -0.3 is 10.6 Å². The Hall–Kier alpha value is -2.93. The second-order valence-electron chi connectivity index (χ2n) is 7.20. The fraction of sp³-hybridized carbons (Fsp3) is 0.273. The van der Waals surface area contributed by atoms with Crippen molar-refractivity contribution in [2.75, 3.05) is 13.1 Å². The van der Waals surface area contributed by atoms with Gasteiger partial charge in [-0.05, 0) is 36.7 Å². The van der Waals surface area contributed by atoms with Crippen LogP contribution >= 0.6 is 0 Å². The number of amides is 1. The summed E-state index contributed by atoms with van der Waals surface area (Å²) in [6.07, 6.45) is -3.34. The van der Waals surface area contributed by atoms with Gasteiger partial charge in [-0.2, -0.15) is 13.2 Å². The summed E-state index contributed by atoms with van der Waals surface area (Å²) in [7, 11) is 0. The Balaban J connectivity index is 1.65. The lowest BCUT2D eigenvalue weighted by Gasteiger charge is -2.13. The van der Waals surface area contributed by atoms with Gasteiger partial charge in [0.25, 0.3) is 0 Å². The minimum absolute atomic E-state index is 0.0857. The fourth-order valence-electron chi connectivity index (χ4n) is 3.60. The Morgan fingerprint density at radius 1 is 1.14 bits per heavy atom. The number of para-hydroxylation sites is 1. The molecule has 1 amide bonds. The lowest BCUT2D eigenvalue weighted by Crippen LogP contribution is -2.37. The molecule has 0 unspecified atom stereocenters. The second kappa shape index (κ2) is 7.83. The van der Waals surface area contributed by atoms with Crippen molar-refractivity contribution in [3.8, 4) is 11.3 Å². The minimum Gasteiger partial charge on any atom is -0.352 e. The quantitative estimate of drug-likeness (QED) is 0.699. The van der Waals surface area contributed by atoms with Crippen molar-refractivity contribution in [3.63, 3.8) is 0 Å². The van der Waals surface area contributed by atoms with Crippen molar-refractivity contribution in [1.82, 2.24) is 15.6 Å². The summed E-state index contributed by atoms with van der Waals surface area (Å²) in [6.45, 7) is 1.65. The molecule has 0 bridgehead atoms. The van der Waals surface area contributed by atoms with E-state index in [-0.39, 0.29) is 18.4 Å². The first-order valence-corrected chi connectivity index (χ1v) is 9.46. The normalized spacial score (nSPS) is 16.9. The lowest BCUT2D eigenvalue weighted by molar-refractivity contribution is -0.137. The average Bonchev–Trinajstić information content (AvgIpc) is 3.20. The van der Waals surface area contributed by atoms with E-state index in [4.69, 9.17) is 0 Å². The molecule has 29 heavy (non-hydrogen) atoms. The number of fused-ring (bicyclic) bond motifs is 1. The number of hydrogen-bond acceptors (Lipinski definition) is 3. The predicted octanol–water partition coefficient (Wildman–Crippen LogP) is 3.94. The molecule has 1 fully saturated rings. The van der Waals surface area contributed by atoms with Crippen molar-refractivity contribution >= 4 is 16.8 Å². The van der Waals surface area contributed by atoms with Gasteiger partial charge in [0, 0.05) is 23.5 Å². The number of nitrogens with one attached hydrogen (secondary N) is 2. The summed E-state index contributed by atoms with van der Waals surface area (Å²) in [6, 6.07) is 14.3. The van der Waals surface area contributed by atoms with E-state index in [1.54, 1.807) is 12.1 Å². The maximum absolute atomic E-state index is 13.0. The van der Waals surface area contributed by atoms with E-state index in [0.717, 1.165) is 42.6 Å². The molecule has 1 aromatic heterocycles. The van der Waals surface area contributed by atoms with E-state index in [1.807, 2.05) is 24.3 Å². The zero-order valence-electron chi connectivity index (χ0n) is 15.6. The molecule has 0 radical (unpaired) electrons. The van der Waals surface area contributed by atoms with Gasteiger partial charge in [0.2, 0.25) is 5.91 Å². The number of benzene rings is 2. The van der Waals surface area contributed by atoms with Crippen molar-refractivity contribution in [3.05, 3.63) is 65.7 Å². The van der Waals surface area contributed by atoms with Gasteiger partial charge in [0.15, 0.2) is 0 Å². The summed E-state index contributed by atoms with van der Waals surface area (Å²) >= 11 is 0. The molecule has 0 aliphatic carbocycles. The number of carbonyl (C=O) groups excluding carboxylic acids is 1. The molecule has 2 aromatic carbocycles. The van der Waals surface area contributed by atoms with Crippen LogP contribution in [0.3, 0.4) is 0 Å². The van der Waals surface area contributed by atoms with E-state index in [9.17, 15) is 18.0 Å². The summed E-state index contributed by atoms with van der Waals surface area (Å²) < 4.78 is 39.1. The maximum atomic E-state index is 13.0. The van der Waals surface area contributed by atoms with Gasteiger partial charge in [0.1, 0.15) is 0 Å². The Morgan fingerprint density at radius 3 is 2.72 bits per heavy atom. The van der Waals surface area contributed by atoms with E-state index in [2.05, 4.69) is 15.6 Å². The van der Waals surface area contributed by atoms with Crippen LogP contribution in [-0.2, 0) is 17.4 Å². The van der Waals surface area contributed by atoms with Crippen LogP contribution in [0.2, 0.25) is 0 Å². The number of alkyl halides is 3. The summed E-state index contributed by atoms with van der Waals surface area (Å²) in [4.78, 5) is 17.0. The molecular weight excluding hydrogens is 379 g/mol. The number of aromatic nitrogens is 1. The van der Waals surface area contributed by atoms with Crippen LogP contribution in [0.15, 0.2) is 54.6 Å². The highest BCUT2D eigenvalue weighted by atomic mass is 19.4. The summed E-state index contributed by atoms with van der Waals surface area (Å²) in [5.74, 6) is -0.0857. The van der Waals surface area contributed by atoms with Crippen molar-refractivity contribution in [2.45, 2.75) is 25.1 Å². The summed E-state index contributed by atoms with van der Waals surface area (Å²) in [5, 5.41) is 7.05. The first-order chi connectivity index (χ1) is 13.9. The SMILES string of the molecule is O=C(Cc1cccc2ccc(-c3cccc(C(F)(F)F)c3)nc12)N[C@H]1CCNC1. The van der Waals surface area contributed by atoms with Crippen molar-refractivity contribution < 1.29 is 18.0 Å². The van der Waals surface area contributed by atoms with Crippen LogP contribution < -0.4 is 10.6 Å². The second-order valence-corrected chi connectivity index (χ2v) is 7.20. The van der Waals surface area contributed by atoms with Crippen LogP contribution in [0.1, 0.15) is 17.5 Å². The monoisotopic (exact) mass is 399 g/mol. The minimum atomic E-state index is -4.41. The van der Waals surface area contributed by atoms with Gasteiger partial charge in [-0.15, -0.1) is 0 Å². The molecule has 1 aliphatic heterocycles. The predicted molar refractivity (Wildman–Crippen MR) is 105 cm³/mol. The molecule has 150 valence electrons. The standard InChI is InChI=1S/C22H20F3N3O/c23-22(24,25)17-6-2-4-15(11-17)19-8-7-14-3-1-5-16(21(14)28-19)12-20(29)27-18-9-10-26-13-18/h1-8,11,18,26H,9-10,12-13H2,(H,27,29)/t18-/m0/s1. The maximum Gasteiger partial charge on any atom is 0.416 e. The lowest BCUT2D eigenvalue weighted by atomic mass is 10.0. The smallest absolute Gasteiger partial charge is 0.352 e. The van der Waals surface area contributed by atoms with Crippen molar-refractivity contribution in [2.24, 2.45) is 0 Å². The van der Waals surface area contributed by atoms with Crippen LogP contribution in [0.4, 0.5) is 13.2 Å². The van der Waals surface area contributed by atoms with Crippen molar-refractivity contribution in [1.29, 1.82) is 0 Å². The number of carbonyl (C=O) groups is 1. The number of nitrogens with zero attached hydrogens (tertiary/aromatic N) is 1. The Labute approximate surface area is 166 Å². The molecule has 4 rings (SSSR count). The van der Waals surface area contributed by atoms with E-state index >= 15 is 0 Å². The van der Waals surface area contributed by atoms with Crippen LogP contribution in [0.5, 0.6) is 0 Å². The van der Waals surface area contributed by atoms with Gasteiger partial charge >= 0.3 is 6.18 Å². The molecule has 0 saturated carbocycles. The number of pyridine rings is 1. The van der Waals surface area contributed by atoms with Crippen LogP contribution in [0, 0.1) is 0 Å². The Bertz CT molecular complexity index is 1040. The number of hydrogen-bond donors (Lipinski definition) is 2. The average molecular weight is 399 g/mol. The van der Waals surface area contributed by atoms with E-state index in [1.165, 1.54) is 6.07 Å². The largest absolute Gasteiger partial charge is 0.416 e. The number of rotatable bonds is 4. The van der Waals surface area contributed by atoms with E-state index in [0.29, 0.717) is 16.8 Å². The third-order valence-corrected chi connectivity index (χ3v) is 5.07. The third kappa shape index (κ3) is 4.40. The first-order valence-electron chi connectivity index (χ1n) is 9.46. The Kier molecular flexibility index (Phi) is 5.24. The molecule has 2 heterocycles. The first kappa shape index (κ1) is 19.4. The van der Waals surface area contributed by atoms with Crippen LogP contribution in [0.25, 0.3) is 22.2 Å². The van der Waals surface area contributed by atoms with Gasteiger partial charge in [-0.25, -0.2) is 4.98 Å². The van der Waals surface area contributed by atoms with Gasteiger partial charge in [0.05, 0.1) is 23.2 Å².